The lowest BCUT2D eigenvalue weighted by Gasteiger charge is -2.28. The van der Waals surface area contributed by atoms with Crippen molar-refractivity contribution in [1.29, 1.82) is 0 Å². The van der Waals surface area contributed by atoms with E-state index in [0.717, 1.165) is 36.3 Å². The van der Waals surface area contributed by atoms with Crippen molar-refractivity contribution in [3.05, 3.63) is 71.0 Å². The molecule has 7 nitrogen and oxygen atoms in total. The molecular weight excluding hydrogens is 430 g/mol. The van der Waals surface area contributed by atoms with E-state index >= 15 is 0 Å². The van der Waals surface area contributed by atoms with Crippen LogP contribution in [0.15, 0.2) is 48.5 Å². The first-order valence-electron chi connectivity index (χ1n) is 11.6. The molecule has 1 aliphatic heterocycles. The number of anilines is 1. The number of piperidine rings is 1. The molecule has 2 heterocycles. The molecule has 0 radical (unpaired) electrons. The Morgan fingerprint density at radius 3 is 2.15 bits per heavy atom. The number of amides is 2. The van der Waals surface area contributed by atoms with Crippen LogP contribution in [0.25, 0.3) is 5.69 Å². The Kier molecular flexibility index (Phi) is 6.91. The normalized spacial score (nSPS) is 13.5. The van der Waals surface area contributed by atoms with Gasteiger partial charge in [0.1, 0.15) is 0 Å². The minimum atomic E-state index is -0.282. The van der Waals surface area contributed by atoms with E-state index in [4.69, 9.17) is 9.47 Å². The summed E-state index contributed by atoms with van der Waals surface area (Å²) in [5, 5.41) is 2.97. The van der Waals surface area contributed by atoms with Crippen molar-refractivity contribution in [2.75, 3.05) is 32.6 Å². The maximum atomic E-state index is 13.4. The first-order valence-corrected chi connectivity index (χ1v) is 11.6. The van der Waals surface area contributed by atoms with Gasteiger partial charge in [0.2, 0.25) is 0 Å². The predicted molar refractivity (Wildman–Crippen MR) is 132 cm³/mol. The van der Waals surface area contributed by atoms with Gasteiger partial charge in [0, 0.05) is 36.2 Å². The van der Waals surface area contributed by atoms with Crippen LogP contribution < -0.4 is 14.8 Å². The fourth-order valence-electron chi connectivity index (χ4n) is 4.58. The second-order valence-electron chi connectivity index (χ2n) is 8.52. The van der Waals surface area contributed by atoms with Gasteiger partial charge < -0.3 is 24.3 Å². The van der Waals surface area contributed by atoms with Gasteiger partial charge in [-0.25, -0.2) is 0 Å². The summed E-state index contributed by atoms with van der Waals surface area (Å²) >= 11 is 0. The zero-order valence-corrected chi connectivity index (χ0v) is 20.2. The van der Waals surface area contributed by atoms with Crippen LogP contribution in [0.5, 0.6) is 11.5 Å². The molecule has 0 unspecified atom stereocenters. The summed E-state index contributed by atoms with van der Waals surface area (Å²) in [6.07, 6.45) is 3.08. The van der Waals surface area contributed by atoms with Crippen LogP contribution in [-0.2, 0) is 0 Å². The predicted octanol–water partition coefficient (Wildman–Crippen LogP) is 4.99. The number of likely N-dealkylation sites (tertiary alicyclic amines) is 1. The van der Waals surface area contributed by atoms with E-state index in [0.29, 0.717) is 41.4 Å². The number of para-hydroxylation sites is 1. The quantitative estimate of drug-likeness (QED) is 0.561. The number of carbonyl (C=O) groups is 2. The number of nitrogens with one attached hydrogen (secondary N) is 1. The number of hydrogen-bond acceptors (Lipinski definition) is 4. The Morgan fingerprint density at radius 1 is 0.853 bits per heavy atom. The summed E-state index contributed by atoms with van der Waals surface area (Å²) < 4.78 is 12.9. The molecule has 1 aromatic heterocycles. The van der Waals surface area contributed by atoms with Crippen LogP contribution in [-0.4, -0.2) is 48.6 Å². The van der Waals surface area contributed by atoms with Gasteiger partial charge in [-0.15, -0.1) is 0 Å². The van der Waals surface area contributed by atoms with Gasteiger partial charge in [0.25, 0.3) is 11.8 Å². The molecular formula is C27H31N3O4. The van der Waals surface area contributed by atoms with Crippen LogP contribution in [0, 0.1) is 13.8 Å². The van der Waals surface area contributed by atoms with Gasteiger partial charge in [-0.3, -0.25) is 9.59 Å². The van der Waals surface area contributed by atoms with Gasteiger partial charge in [-0.2, -0.15) is 0 Å². The number of ether oxygens (including phenoxy) is 2. The lowest BCUT2D eigenvalue weighted by molar-refractivity contribution is 0.0725. The lowest BCUT2D eigenvalue weighted by atomic mass is 10.1. The topological polar surface area (TPSA) is 72.8 Å². The third-order valence-electron chi connectivity index (χ3n) is 6.34. The fraction of sp³-hybridized carbons (Fsp3) is 0.333. The minimum absolute atomic E-state index is 0.120. The first kappa shape index (κ1) is 23.4. The van der Waals surface area contributed by atoms with Crippen LogP contribution in [0.2, 0.25) is 0 Å². The third kappa shape index (κ3) is 4.51. The van der Waals surface area contributed by atoms with E-state index in [1.165, 1.54) is 14.2 Å². The van der Waals surface area contributed by atoms with Gasteiger partial charge in [-0.05, 0) is 57.4 Å². The van der Waals surface area contributed by atoms with Crippen LogP contribution in [0.1, 0.15) is 51.4 Å². The number of aromatic nitrogens is 1. The molecule has 0 spiro atoms. The third-order valence-corrected chi connectivity index (χ3v) is 6.34. The Morgan fingerprint density at radius 2 is 1.50 bits per heavy atom. The molecule has 1 fully saturated rings. The monoisotopic (exact) mass is 461 g/mol. The Hall–Kier alpha value is -3.74. The molecule has 1 saturated heterocycles. The van der Waals surface area contributed by atoms with Gasteiger partial charge in [0.15, 0.2) is 11.5 Å². The zero-order chi connectivity index (χ0) is 24.2. The summed E-state index contributed by atoms with van der Waals surface area (Å²) in [6, 6.07) is 15.1. The highest BCUT2D eigenvalue weighted by molar-refractivity contribution is 6.10. The molecule has 0 saturated carbocycles. The summed E-state index contributed by atoms with van der Waals surface area (Å²) in [7, 11) is 3.06. The highest BCUT2D eigenvalue weighted by Crippen LogP contribution is 2.35. The highest BCUT2D eigenvalue weighted by atomic mass is 16.5. The summed E-state index contributed by atoms with van der Waals surface area (Å²) in [6.45, 7) is 5.30. The van der Waals surface area contributed by atoms with Crippen molar-refractivity contribution in [1.82, 2.24) is 9.47 Å². The molecule has 0 aliphatic carbocycles. The first-order chi connectivity index (χ1) is 16.4. The number of methoxy groups -OCH3 is 2. The van der Waals surface area contributed by atoms with Gasteiger partial charge >= 0.3 is 0 Å². The number of carbonyl (C=O) groups excluding carboxylic acids is 2. The Balaban J connectivity index is 1.70. The SMILES string of the molecule is COc1cc(NC(=O)c2cc(C)n(-c3ccccc3)c2C)c(C(=O)N2CCCCC2)cc1OC. The standard InChI is InChI=1S/C27H31N3O4/c1-18-15-21(19(2)30(18)20-11-7-5-8-12-20)26(31)28-23-17-25(34-4)24(33-3)16-22(23)27(32)29-13-9-6-10-14-29/h5,7-8,11-12,15-17H,6,9-10,13-14H2,1-4H3,(H,28,31). The molecule has 2 amide bonds. The maximum Gasteiger partial charge on any atom is 0.257 e. The second-order valence-corrected chi connectivity index (χ2v) is 8.52. The fourth-order valence-corrected chi connectivity index (χ4v) is 4.58. The highest BCUT2D eigenvalue weighted by Gasteiger charge is 2.25. The number of nitrogens with zero attached hydrogens (tertiary/aromatic N) is 2. The van der Waals surface area contributed by atoms with Crippen molar-refractivity contribution in [3.63, 3.8) is 0 Å². The van der Waals surface area contributed by atoms with E-state index in [-0.39, 0.29) is 11.8 Å². The molecule has 34 heavy (non-hydrogen) atoms. The lowest BCUT2D eigenvalue weighted by Crippen LogP contribution is -2.36. The Labute approximate surface area is 200 Å². The second kappa shape index (κ2) is 10.0. The largest absolute Gasteiger partial charge is 0.493 e. The molecule has 0 bridgehead atoms. The van der Waals surface area contributed by atoms with E-state index in [2.05, 4.69) is 5.32 Å². The van der Waals surface area contributed by atoms with E-state index in [9.17, 15) is 9.59 Å². The van der Waals surface area contributed by atoms with E-state index in [1.54, 1.807) is 12.1 Å². The molecule has 4 rings (SSSR count). The number of rotatable bonds is 6. The van der Waals surface area contributed by atoms with Crippen molar-refractivity contribution in [2.45, 2.75) is 33.1 Å². The molecule has 1 aliphatic rings. The summed E-state index contributed by atoms with van der Waals surface area (Å²) in [5.41, 5.74) is 4.11. The van der Waals surface area contributed by atoms with Crippen molar-refractivity contribution >= 4 is 17.5 Å². The summed E-state index contributed by atoms with van der Waals surface area (Å²) in [4.78, 5) is 28.6. The minimum Gasteiger partial charge on any atom is -0.493 e. The molecule has 178 valence electrons. The van der Waals surface area contributed by atoms with Crippen LogP contribution >= 0.6 is 0 Å². The smallest absolute Gasteiger partial charge is 0.257 e. The van der Waals surface area contributed by atoms with Gasteiger partial charge in [-0.1, -0.05) is 18.2 Å². The van der Waals surface area contributed by atoms with Crippen LogP contribution in [0.3, 0.4) is 0 Å². The molecule has 7 heteroatoms. The Bertz CT molecular complexity index is 1190. The number of aryl methyl sites for hydroxylation is 1. The van der Waals surface area contributed by atoms with E-state index < -0.39 is 0 Å². The molecule has 3 aromatic rings. The number of benzene rings is 2. The zero-order valence-electron chi connectivity index (χ0n) is 20.2. The van der Waals surface area contributed by atoms with E-state index in [1.807, 2.05) is 59.7 Å². The average molecular weight is 462 g/mol. The van der Waals surface area contributed by atoms with Gasteiger partial charge in [0.05, 0.1) is 31.0 Å². The average Bonchev–Trinajstić information content (AvgIpc) is 3.18. The van der Waals surface area contributed by atoms with Crippen molar-refractivity contribution < 1.29 is 19.1 Å². The molecule has 2 aromatic carbocycles. The van der Waals surface area contributed by atoms with Crippen molar-refractivity contribution in [3.8, 4) is 17.2 Å². The summed E-state index contributed by atoms with van der Waals surface area (Å²) in [5.74, 6) is 0.492. The molecule has 0 atom stereocenters. The maximum absolute atomic E-state index is 13.4. The van der Waals surface area contributed by atoms with Crippen LogP contribution in [0.4, 0.5) is 5.69 Å². The van der Waals surface area contributed by atoms with Crippen molar-refractivity contribution in [2.24, 2.45) is 0 Å². The number of hydrogen-bond donors (Lipinski definition) is 1. The molecule has 1 N–H and O–H groups in total.